The molecule has 0 spiro atoms. The van der Waals surface area contributed by atoms with Crippen molar-refractivity contribution >= 4 is 12.0 Å². The van der Waals surface area contributed by atoms with Crippen molar-refractivity contribution < 1.29 is 24.2 Å². The highest BCUT2D eigenvalue weighted by molar-refractivity contribution is 5.94. The summed E-state index contributed by atoms with van der Waals surface area (Å²) in [6.45, 7) is 0.188. The van der Waals surface area contributed by atoms with E-state index in [1.54, 1.807) is 12.1 Å². The predicted molar refractivity (Wildman–Crippen MR) is 90.5 cm³/mol. The monoisotopic (exact) mass is 341 g/mol. The van der Waals surface area contributed by atoms with Gasteiger partial charge in [-0.05, 0) is 29.7 Å². The molecular weight excluding hydrogens is 322 g/mol. The summed E-state index contributed by atoms with van der Waals surface area (Å²) in [5.74, 6) is -0.0654. The average molecular weight is 341 g/mol. The molecule has 1 fully saturated rings. The molecular formula is C19H19NO5. The summed E-state index contributed by atoms with van der Waals surface area (Å²) in [6, 6.07) is 14.1. The Labute approximate surface area is 145 Å². The van der Waals surface area contributed by atoms with E-state index in [0.29, 0.717) is 17.7 Å². The van der Waals surface area contributed by atoms with Gasteiger partial charge in [-0.25, -0.2) is 9.69 Å². The highest BCUT2D eigenvalue weighted by Gasteiger charge is 2.37. The third-order valence-electron chi connectivity index (χ3n) is 4.14. The minimum atomic E-state index is -0.622. The predicted octanol–water partition coefficient (Wildman–Crippen LogP) is 2.53. The molecule has 25 heavy (non-hydrogen) atoms. The molecule has 2 aromatic rings. The van der Waals surface area contributed by atoms with E-state index in [0.717, 1.165) is 5.56 Å². The van der Waals surface area contributed by atoms with Gasteiger partial charge in [-0.2, -0.15) is 0 Å². The zero-order chi connectivity index (χ0) is 17.8. The molecule has 0 radical (unpaired) electrons. The van der Waals surface area contributed by atoms with Gasteiger partial charge in [0.05, 0.1) is 19.6 Å². The van der Waals surface area contributed by atoms with Crippen LogP contribution in [0.1, 0.15) is 11.1 Å². The lowest BCUT2D eigenvalue weighted by molar-refractivity contribution is -0.128. The number of carbonyl (C=O) groups is 2. The first-order valence-electron chi connectivity index (χ1n) is 7.97. The van der Waals surface area contributed by atoms with E-state index in [1.807, 2.05) is 30.3 Å². The molecule has 0 bridgehead atoms. The molecule has 1 atom stereocenters. The van der Waals surface area contributed by atoms with Gasteiger partial charge in [-0.1, -0.05) is 36.4 Å². The van der Waals surface area contributed by atoms with Crippen molar-refractivity contribution in [3.8, 4) is 11.5 Å². The Balaban J connectivity index is 1.72. The second-order valence-corrected chi connectivity index (χ2v) is 5.87. The van der Waals surface area contributed by atoms with Gasteiger partial charge in [0.25, 0.3) is 0 Å². The van der Waals surface area contributed by atoms with Crippen LogP contribution in [0.3, 0.4) is 0 Å². The fourth-order valence-electron chi connectivity index (χ4n) is 2.91. The number of benzene rings is 2. The minimum Gasteiger partial charge on any atom is -0.504 e. The summed E-state index contributed by atoms with van der Waals surface area (Å²) >= 11 is 0. The number of methoxy groups -OCH3 is 1. The normalized spacial score (nSPS) is 16.6. The second-order valence-electron chi connectivity index (χ2n) is 5.87. The number of phenolic OH excluding ortho intramolecular Hbond substituents is 1. The summed E-state index contributed by atoms with van der Waals surface area (Å²) in [5, 5.41) is 9.83. The molecule has 2 aromatic carbocycles. The van der Waals surface area contributed by atoms with Crippen LogP contribution in [0.5, 0.6) is 11.5 Å². The van der Waals surface area contributed by atoms with Crippen LogP contribution in [0.25, 0.3) is 0 Å². The number of nitrogens with zero attached hydrogens (tertiary/aromatic N) is 1. The van der Waals surface area contributed by atoms with Crippen molar-refractivity contribution in [2.45, 2.75) is 18.9 Å². The molecule has 1 aliphatic rings. The standard InChI is InChI=1S/C19H19NO5/c1-24-17-8-7-14(10-16(17)21)11-18(22)20-15(12-25-19(20)23)9-13-5-3-2-4-6-13/h2-8,10,15,21H,9,11-12H2,1H3/t15-/m0/s1. The third-order valence-corrected chi connectivity index (χ3v) is 4.14. The number of ether oxygens (including phenoxy) is 2. The van der Waals surface area contributed by atoms with Gasteiger partial charge in [-0.3, -0.25) is 4.79 Å². The molecule has 1 aliphatic heterocycles. The molecule has 2 amide bonds. The summed E-state index contributed by atoms with van der Waals surface area (Å²) in [7, 11) is 1.45. The summed E-state index contributed by atoms with van der Waals surface area (Å²) in [4.78, 5) is 25.8. The van der Waals surface area contributed by atoms with Crippen molar-refractivity contribution in [1.29, 1.82) is 0 Å². The number of imide groups is 1. The molecule has 0 aliphatic carbocycles. The number of aromatic hydroxyl groups is 1. The lowest BCUT2D eigenvalue weighted by Crippen LogP contribution is -2.41. The highest BCUT2D eigenvalue weighted by atomic mass is 16.6. The molecule has 3 rings (SSSR count). The maximum absolute atomic E-state index is 12.6. The zero-order valence-electron chi connectivity index (χ0n) is 13.8. The van der Waals surface area contributed by atoms with Crippen molar-refractivity contribution in [3.63, 3.8) is 0 Å². The van der Waals surface area contributed by atoms with Crippen LogP contribution < -0.4 is 4.74 Å². The lowest BCUT2D eigenvalue weighted by atomic mass is 10.0. The van der Waals surface area contributed by atoms with Crippen molar-refractivity contribution in [2.75, 3.05) is 13.7 Å². The lowest BCUT2D eigenvalue weighted by Gasteiger charge is -2.20. The molecule has 1 saturated heterocycles. The Morgan fingerprint density at radius 3 is 2.68 bits per heavy atom. The van der Waals surface area contributed by atoms with Crippen LogP contribution in [-0.4, -0.2) is 41.8 Å². The van der Waals surface area contributed by atoms with Crippen LogP contribution in [0, 0.1) is 0 Å². The first-order chi connectivity index (χ1) is 12.1. The van der Waals surface area contributed by atoms with Crippen LogP contribution in [0.15, 0.2) is 48.5 Å². The van der Waals surface area contributed by atoms with E-state index < -0.39 is 6.09 Å². The molecule has 1 N–H and O–H groups in total. The Morgan fingerprint density at radius 2 is 2.00 bits per heavy atom. The zero-order valence-corrected chi connectivity index (χ0v) is 13.8. The highest BCUT2D eigenvalue weighted by Crippen LogP contribution is 2.27. The molecule has 0 saturated carbocycles. The molecule has 0 aromatic heterocycles. The second kappa shape index (κ2) is 7.25. The van der Waals surface area contributed by atoms with Crippen molar-refractivity contribution in [1.82, 2.24) is 4.90 Å². The number of carbonyl (C=O) groups excluding carboxylic acids is 2. The van der Waals surface area contributed by atoms with E-state index in [1.165, 1.54) is 18.1 Å². The summed E-state index contributed by atoms with van der Waals surface area (Å²) in [6.07, 6.45) is -0.0758. The number of rotatable bonds is 5. The van der Waals surface area contributed by atoms with Crippen LogP contribution in [0.2, 0.25) is 0 Å². The van der Waals surface area contributed by atoms with Gasteiger partial charge in [-0.15, -0.1) is 0 Å². The Bertz CT molecular complexity index is 775. The van der Waals surface area contributed by atoms with E-state index in [2.05, 4.69) is 0 Å². The molecule has 0 unspecified atom stereocenters. The summed E-state index contributed by atoms with van der Waals surface area (Å²) in [5.41, 5.74) is 1.63. The first-order valence-corrected chi connectivity index (χ1v) is 7.97. The number of hydrogen-bond acceptors (Lipinski definition) is 5. The number of amides is 2. The Morgan fingerprint density at radius 1 is 1.24 bits per heavy atom. The molecule has 1 heterocycles. The van der Waals surface area contributed by atoms with Crippen LogP contribution in [0.4, 0.5) is 4.79 Å². The molecule has 130 valence electrons. The fourth-order valence-corrected chi connectivity index (χ4v) is 2.91. The first kappa shape index (κ1) is 16.8. The third kappa shape index (κ3) is 3.74. The smallest absolute Gasteiger partial charge is 0.416 e. The largest absolute Gasteiger partial charge is 0.504 e. The minimum absolute atomic E-state index is 0.00204. The van der Waals surface area contributed by atoms with Gasteiger partial charge in [0.2, 0.25) is 5.91 Å². The number of cyclic esters (lactones) is 1. The number of phenols is 1. The fraction of sp³-hybridized carbons (Fsp3) is 0.263. The van der Waals surface area contributed by atoms with Gasteiger partial charge in [0, 0.05) is 0 Å². The average Bonchev–Trinajstić information content (AvgIpc) is 2.96. The maximum Gasteiger partial charge on any atom is 0.416 e. The molecule has 6 nitrogen and oxygen atoms in total. The van der Waals surface area contributed by atoms with E-state index in [9.17, 15) is 14.7 Å². The van der Waals surface area contributed by atoms with E-state index in [-0.39, 0.29) is 30.7 Å². The maximum atomic E-state index is 12.6. The topological polar surface area (TPSA) is 76.1 Å². The summed E-state index contributed by atoms with van der Waals surface area (Å²) < 4.78 is 10.1. The van der Waals surface area contributed by atoms with E-state index in [4.69, 9.17) is 9.47 Å². The van der Waals surface area contributed by atoms with E-state index >= 15 is 0 Å². The Kier molecular flexibility index (Phi) is 4.88. The van der Waals surface area contributed by atoms with Crippen molar-refractivity contribution in [3.05, 3.63) is 59.7 Å². The SMILES string of the molecule is COc1ccc(CC(=O)N2C(=O)OC[C@@H]2Cc2ccccc2)cc1O. The van der Waals surface area contributed by atoms with Gasteiger partial charge in [0.15, 0.2) is 11.5 Å². The van der Waals surface area contributed by atoms with Gasteiger partial charge < -0.3 is 14.6 Å². The van der Waals surface area contributed by atoms with Gasteiger partial charge >= 0.3 is 6.09 Å². The quantitative estimate of drug-likeness (QED) is 0.904. The van der Waals surface area contributed by atoms with Crippen LogP contribution in [-0.2, 0) is 22.4 Å². The number of hydrogen-bond donors (Lipinski definition) is 1. The van der Waals surface area contributed by atoms with Crippen LogP contribution >= 0.6 is 0 Å². The molecule has 6 heteroatoms. The Hall–Kier alpha value is -3.02. The van der Waals surface area contributed by atoms with Crippen molar-refractivity contribution in [2.24, 2.45) is 0 Å². The van der Waals surface area contributed by atoms with Gasteiger partial charge in [0.1, 0.15) is 6.61 Å².